The summed E-state index contributed by atoms with van der Waals surface area (Å²) in [5, 5.41) is 12.0. The van der Waals surface area contributed by atoms with E-state index in [0.717, 1.165) is 38.6 Å². The second-order valence-corrected chi connectivity index (χ2v) is 5.60. The molecule has 5 heteroatoms. The standard InChI is InChI=1S/C15H22N2O3/c1-2-9-17-10-5-6-12(17)14(20)16-15(11-13(18)19)7-3-4-8-15/h5-6,10H,2-4,7-9,11H2,1H3,(H,16,20)(H,18,19). The number of carbonyl (C=O) groups is 2. The van der Waals surface area contributed by atoms with Gasteiger partial charge < -0.3 is 15.0 Å². The van der Waals surface area contributed by atoms with E-state index in [0.29, 0.717) is 5.69 Å². The minimum atomic E-state index is -0.851. The third kappa shape index (κ3) is 3.21. The molecule has 0 radical (unpaired) electrons. The zero-order chi connectivity index (χ0) is 14.6. The number of rotatable bonds is 6. The van der Waals surface area contributed by atoms with E-state index in [-0.39, 0.29) is 12.3 Å². The van der Waals surface area contributed by atoms with Gasteiger partial charge in [0.1, 0.15) is 5.69 Å². The van der Waals surface area contributed by atoms with Gasteiger partial charge in [0.15, 0.2) is 0 Å². The number of carbonyl (C=O) groups excluding carboxylic acids is 1. The summed E-state index contributed by atoms with van der Waals surface area (Å²) in [6.45, 7) is 2.85. The van der Waals surface area contributed by atoms with Gasteiger partial charge in [-0.25, -0.2) is 0 Å². The summed E-state index contributed by atoms with van der Waals surface area (Å²) in [5.41, 5.74) is 0.0491. The molecule has 0 aromatic carbocycles. The van der Waals surface area contributed by atoms with Crippen molar-refractivity contribution in [2.45, 2.75) is 57.5 Å². The average molecular weight is 278 g/mol. The summed E-state index contributed by atoms with van der Waals surface area (Å²) < 4.78 is 1.92. The molecule has 2 rings (SSSR count). The van der Waals surface area contributed by atoms with Gasteiger partial charge in [-0.05, 0) is 31.4 Å². The fraction of sp³-hybridized carbons (Fsp3) is 0.600. The zero-order valence-electron chi connectivity index (χ0n) is 11.9. The van der Waals surface area contributed by atoms with E-state index in [4.69, 9.17) is 5.11 Å². The van der Waals surface area contributed by atoms with Crippen molar-refractivity contribution in [1.29, 1.82) is 0 Å². The summed E-state index contributed by atoms with van der Waals surface area (Å²) in [5.74, 6) is -1.01. The van der Waals surface area contributed by atoms with E-state index < -0.39 is 11.5 Å². The van der Waals surface area contributed by atoms with E-state index in [1.165, 1.54) is 0 Å². The van der Waals surface area contributed by atoms with Gasteiger partial charge in [-0.3, -0.25) is 9.59 Å². The number of nitrogens with zero attached hydrogens (tertiary/aromatic N) is 1. The van der Waals surface area contributed by atoms with Crippen LogP contribution in [0.15, 0.2) is 18.3 Å². The lowest BCUT2D eigenvalue weighted by Crippen LogP contribution is -2.48. The first-order chi connectivity index (χ1) is 9.56. The van der Waals surface area contributed by atoms with Crippen LogP contribution in [-0.2, 0) is 11.3 Å². The minimum absolute atomic E-state index is 0.00717. The van der Waals surface area contributed by atoms with Crippen LogP contribution in [0.2, 0.25) is 0 Å². The highest BCUT2D eigenvalue weighted by Crippen LogP contribution is 2.33. The Morgan fingerprint density at radius 3 is 2.70 bits per heavy atom. The van der Waals surface area contributed by atoms with E-state index in [9.17, 15) is 9.59 Å². The maximum atomic E-state index is 12.4. The highest BCUT2D eigenvalue weighted by atomic mass is 16.4. The first-order valence-corrected chi connectivity index (χ1v) is 7.26. The Hall–Kier alpha value is -1.78. The lowest BCUT2D eigenvalue weighted by Gasteiger charge is -2.28. The molecule has 0 aliphatic heterocycles. The number of carboxylic acid groups (broad SMARTS) is 1. The van der Waals surface area contributed by atoms with E-state index in [1.54, 1.807) is 6.07 Å². The Balaban J connectivity index is 2.12. The first-order valence-electron chi connectivity index (χ1n) is 7.26. The van der Waals surface area contributed by atoms with Crippen molar-refractivity contribution in [1.82, 2.24) is 9.88 Å². The number of hydrogen-bond acceptors (Lipinski definition) is 2. The fourth-order valence-corrected chi connectivity index (χ4v) is 3.05. The predicted molar refractivity (Wildman–Crippen MR) is 75.6 cm³/mol. The van der Waals surface area contributed by atoms with Crippen LogP contribution >= 0.6 is 0 Å². The number of amides is 1. The monoisotopic (exact) mass is 278 g/mol. The normalized spacial score (nSPS) is 17.1. The molecule has 2 N–H and O–H groups in total. The van der Waals surface area contributed by atoms with E-state index in [1.807, 2.05) is 16.8 Å². The van der Waals surface area contributed by atoms with Crippen LogP contribution in [-0.4, -0.2) is 27.1 Å². The Bertz CT molecular complexity index is 487. The molecule has 110 valence electrons. The van der Waals surface area contributed by atoms with E-state index in [2.05, 4.69) is 12.2 Å². The topological polar surface area (TPSA) is 71.3 Å². The van der Waals surface area contributed by atoms with Crippen LogP contribution in [0, 0.1) is 0 Å². The third-order valence-corrected chi connectivity index (χ3v) is 3.96. The Kier molecular flexibility index (Phi) is 4.47. The second kappa shape index (κ2) is 6.11. The number of aryl methyl sites for hydroxylation is 1. The van der Waals surface area contributed by atoms with Gasteiger partial charge in [0.05, 0.1) is 12.0 Å². The van der Waals surface area contributed by atoms with Crippen LogP contribution < -0.4 is 5.32 Å². The molecule has 0 bridgehead atoms. The molecule has 0 spiro atoms. The van der Waals surface area contributed by atoms with Crippen LogP contribution in [0.4, 0.5) is 0 Å². The molecular weight excluding hydrogens is 256 g/mol. The molecule has 1 amide bonds. The van der Waals surface area contributed by atoms with Crippen LogP contribution in [0.1, 0.15) is 55.9 Å². The average Bonchev–Trinajstić information content (AvgIpc) is 2.98. The number of aromatic nitrogens is 1. The van der Waals surface area contributed by atoms with Crippen molar-refractivity contribution in [3.63, 3.8) is 0 Å². The molecule has 1 aliphatic rings. The Morgan fingerprint density at radius 2 is 2.10 bits per heavy atom. The lowest BCUT2D eigenvalue weighted by molar-refractivity contribution is -0.138. The van der Waals surface area contributed by atoms with Crippen LogP contribution in [0.5, 0.6) is 0 Å². The molecule has 1 aliphatic carbocycles. The molecule has 1 saturated carbocycles. The second-order valence-electron chi connectivity index (χ2n) is 5.60. The van der Waals surface area contributed by atoms with Gasteiger partial charge in [0.25, 0.3) is 5.91 Å². The highest BCUT2D eigenvalue weighted by molar-refractivity contribution is 5.93. The maximum absolute atomic E-state index is 12.4. The summed E-state index contributed by atoms with van der Waals surface area (Å²) in [4.78, 5) is 23.5. The SMILES string of the molecule is CCCn1cccc1C(=O)NC1(CC(=O)O)CCCC1. The maximum Gasteiger partial charge on any atom is 0.305 e. The largest absolute Gasteiger partial charge is 0.481 e. The van der Waals surface area contributed by atoms with Crippen molar-refractivity contribution in [3.8, 4) is 0 Å². The third-order valence-electron chi connectivity index (χ3n) is 3.96. The van der Waals surface area contributed by atoms with Crippen molar-refractivity contribution in [2.24, 2.45) is 0 Å². The molecule has 0 unspecified atom stereocenters. The lowest BCUT2D eigenvalue weighted by atomic mass is 9.93. The summed E-state index contributed by atoms with van der Waals surface area (Å²) >= 11 is 0. The number of hydrogen-bond donors (Lipinski definition) is 2. The smallest absolute Gasteiger partial charge is 0.305 e. The zero-order valence-corrected chi connectivity index (χ0v) is 11.9. The van der Waals surface area contributed by atoms with Gasteiger partial charge in [-0.15, -0.1) is 0 Å². The van der Waals surface area contributed by atoms with Crippen molar-refractivity contribution in [3.05, 3.63) is 24.0 Å². The number of carboxylic acids is 1. The fourth-order valence-electron chi connectivity index (χ4n) is 3.05. The van der Waals surface area contributed by atoms with Gasteiger partial charge in [-0.1, -0.05) is 19.8 Å². The van der Waals surface area contributed by atoms with Gasteiger partial charge in [0, 0.05) is 12.7 Å². The number of nitrogens with one attached hydrogen (secondary N) is 1. The molecule has 0 saturated heterocycles. The molecular formula is C15H22N2O3. The van der Waals surface area contributed by atoms with Crippen LogP contribution in [0.25, 0.3) is 0 Å². The Morgan fingerprint density at radius 1 is 1.40 bits per heavy atom. The minimum Gasteiger partial charge on any atom is -0.481 e. The first kappa shape index (κ1) is 14.6. The predicted octanol–water partition coefficient (Wildman–Crippen LogP) is 2.42. The summed E-state index contributed by atoms with van der Waals surface area (Å²) in [6, 6.07) is 3.64. The molecule has 1 heterocycles. The molecule has 0 atom stereocenters. The molecule has 20 heavy (non-hydrogen) atoms. The molecule has 1 fully saturated rings. The van der Waals surface area contributed by atoms with Gasteiger partial charge >= 0.3 is 5.97 Å². The van der Waals surface area contributed by atoms with Gasteiger partial charge in [-0.2, -0.15) is 0 Å². The van der Waals surface area contributed by atoms with Crippen molar-refractivity contribution >= 4 is 11.9 Å². The van der Waals surface area contributed by atoms with E-state index >= 15 is 0 Å². The molecule has 1 aromatic rings. The van der Waals surface area contributed by atoms with Crippen molar-refractivity contribution in [2.75, 3.05) is 0 Å². The van der Waals surface area contributed by atoms with Gasteiger partial charge in [0.2, 0.25) is 0 Å². The van der Waals surface area contributed by atoms with Crippen molar-refractivity contribution < 1.29 is 14.7 Å². The Labute approximate surface area is 119 Å². The quantitative estimate of drug-likeness (QED) is 0.839. The van der Waals surface area contributed by atoms with Crippen LogP contribution in [0.3, 0.4) is 0 Å². The molecule has 5 nitrogen and oxygen atoms in total. The summed E-state index contributed by atoms with van der Waals surface area (Å²) in [7, 11) is 0. The number of aliphatic carboxylic acids is 1. The molecule has 1 aromatic heterocycles. The highest BCUT2D eigenvalue weighted by Gasteiger charge is 2.37. The summed E-state index contributed by atoms with van der Waals surface area (Å²) in [6.07, 6.45) is 6.30.